The smallest absolute Gasteiger partial charge is 0.223 e. The number of benzene rings is 1. The van der Waals surface area contributed by atoms with Crippen molar-refractivity contribution < 1.29 is 0 Å². The lowest BCUT2D eigenvalue weighted by molar-refractivity contribution is 1.00. The molecule has 1 heterocycles. The molecular formula is C12H10Cl2N2S. The fourth-order valence-electron chi connectivity index (χ4n) is 1.28. The van der Waals surface area contributed by atoms with Crippen LogP contribution in [0.15, 0.2) is 35.5 Å². The average Bonchev–Trinajstić information content (AvgIpc) is 2.32. The molecule has 1 aromatic carbocycles. The van der Waals surface area contributed by atoms with Gasteiger partial charge in [0.2, 0.25) is 5.28 Å². The van der Waals surface area contributed by atoms with E-state index in [1.807, 2.05) is 31.2 Å². The van der Waals surface area contributed by atoms with E-state index >= 15 is 0 Å². The fourth-order valence-corrected chi connectivity index (χ4v) is 2.52. The van der Waals surface area contributed by atoms with Gasteiger partial charge in [0.05, 0.1) is 0 Å². The number of aromatic nitrogens is 2. The maximum atomic E-state index is 5.83. The molecule has 0 radical (unpaired) electrons. The minimum atomic E-state index is 0.286. The van der Waals surface area contributed by atoms with Gasteiger partial charge in [-0.05, 0) is 41.8 Å². The van der Waals surface area contributed by atoms with E-state index in [9.17, 15) is 0 Å². The number of rotatable bonds is 3. The standard InChI is InChI=1S/C12H10Cl2N2S/c1-8-6-15-12(14)16-11(8)17-7-9-2-4-10(13)5-3-9/h2-6H,7H2,1H3. The van der Waals surface area contributed by atoms with Crippen LogP contribution >= 0.6 is 35.0 Å². The van der Waals surface area contributed by atoms with E-state index in [1.165, 1.54) is 5.56 Å². The van der Waals surface area contributed by atoms with Crippen LogP contribution in [0.1, 0.15) is 11.1 Å². The van der Waals surface area contributed by atoms with E-state index in [2.05, 4.69) is 9.97 Å². The molecule has 2 rings (SSSR count). The summed E-state index contributed by atoms with van der Waals surface area (Å²) in [6, 6.07) is 7.79. The molecule has 0 atom stereocenters. The van der Waals surface area contributed by atoms with Crippen molar-refractivity contribution in [2.75, 3.05) is 0 Å². The van der Waals surface area contributed by atoms with Gasteiger partial charge in [-0.1, -0.05) is 23.7 Å². The van der Waals surface area contributed by atoms with E-state index in [1.54, 1.807) is 18.0 Å². The summed E-state index contributed by atoms with van der Waals surface area (Å²) < 4.78 is 0. The Bertz CT molecular complexity index is 514. The van der Waals surface area contributed by atoms with Gasteiger partial charge in [-0.3, -0.25) is 0 Å². The van der Waals surface area contributed by atoms with Crippen molar-refractivity contribution in [2.45, 2.75) is 17.7 Å². The fraction of sp³-hybridized carbons (Fsp3) is 0.167. The van der Waals surface area contributed by atoms with Gasteiger partial charge in [0.15, 0.2) is 0 Å². The molecule has 0 fully saturated rings. The summed E-state index contributed by atoms with van der Waals surface area (Å²) in [5.41, 5.74) is 2.24. The third-order valence-corrected chi connectivity index (χ3v) is 3.78. The molecule has 0 unspecified atom stereocenters. The van der Waals surface area contributed by atoms with Crippen LogP contribution in [0.4, 0.5) is 0 Å². The van der Waals surface area contributed by atoms with Gasteiger partial charge in [-0.25, -0.2) is 9.97 Å². The Morgan fingerprint density at radius 3 is 2.59 bits per heavy atom. The molecule has 2 nitrogen and oxygen atoms in total. The summed E-state index contributed by atoms with van der Waals surface area (Å²) in [7, 11) is 0. The van der Waals surface area contributed by atoms with E-state index in [0.29, 0.717) is 0 Å². The first kappa shape index (κ1) is 12.7. The third-order valence-electron chi connectivity index (χ3n) is 2.18. The Kier molecular flexibility index (Phi) is 4.26. The normalized spacial score (nSPS) is 10.5. The summed E-state index contributed by atoms with van der Waals surface area (Å²) in [5.74, 6) is 0.839. The second kappa shape index (κ2) is 5.71. The van der Waals surface area contributed by atoms with Crippen molar-refractivity contribution in [1.29, 1.82) is 0 Å². The van der Waals surface area contributed by atoms with Crippen molar-refractivity contribution in [3.05, 3.63) is 51.9 Å². The summed E-state index contributed by atoms with van der Waals surface area (Å²) in [4.78, 5) is 8.13. The SMILES string of the molecule is Cc1cnc(Cl)nc1SCc1ccc(Cl)cc1. The summed E-state index contributed by atoms with van der Waals surface area (Å²) >= 11 is 13.2. The van der Waals surface area contributed by atoms with Crippen LogP contribution in [-0.4, -0.2) is 9.97 Å². The van der Waals surface area contributed by atoms with Crippen LogP contribution in [0.5, 0.6) is 0 Å². The quantitative estimate of drug-likeness (QED) is 0.475. The summed E-state index contributed by atoms with van der Waals surface area (Å²) in [5, 5.41) is 1.95. The van der Waals surface area contributed by atoms with Gasteiger partial charge in [-0.2, -0.15) is 0 Å². The predicted molar refractivity (Wildman–Crippen MR) is 72.8 cm³/mol. The first-order valence-electron chi connectivity index (χ1n) is 5.01. The molecule has 0 N–H and O–H groups in total. The Morgan fingerprint density at radius 2 is 1.88 bits per heavy atom. The molecule has 0 spiro atoms. The molecule has 2 aromatic rings. The lowest BCUT2D eigenvalue weighted by Crippen LogP contribution is -1.90. The zero-order chi connectivity index (χ0) is 12.3. The van der Waals surface area contributed by atoms with Crippen LogP contribution in [0.3, 0.4) is 0 Å². The van der Waals surface area contributed by atoms with Gasteiger partial charge in [0, 0.05) is 17.0 Å². The molecule has 0 amide bonds. The minimum Gasteiger partial charge on any atom is -0.226 e. The van der Waals surface area contributed by atoms with Crippen molar-refractivity contribution in [1.82, 2.24) is 9.97 Å². The first-order chi connectivity index (χ1) is 8.15. The van der Waals surface area contributed by atoms with Crippen LogP contribution in [0.2, 0.25) is 10.3 Å². The molecule has 0 aliphatic heterocycles. The maximum Gasteiger partial charge on any atom is 0.223 e. The predicted octanol–water partition coefficient (Wildman–Crippen LogP) is 4.38. The highest BCUT2D eigenvalue weighted by molar-refractivity contribution is 7.98. The minimum absolute atomic E-state index is 0.286. The number of nitrogens with zero attached hydrogens (tertiary/aromatic N) is 2. The van der Waals surface area contributed by atoms with Crippen LogP contribution in [-0.2, 0) is 5.75 Å². The molecule has 0 aliphatic carbocycles. The highest BCUT2D eigenvalue weighted by Crippen LogP contribution is 2.25. The van der Waals surface area contributed by atoms with Crippen LogP contribution in [0, 0.1) is 6.92 Å². The topological polar surface area (TPSA) is 25.8 Å². The zero-order valence-electron chi connectivity index (χ0n) is 9.15. The number of halogens is 2. The molecule has 5 heteroatoms. The van der Waals surface area contributed by atoms with E-state index in [-0.39, 0.29) is 5.28 Å². The molecule has 0 aliphatic rings. The van der Waals surface area contributed by atoms with Crippen molar-refractivity contribution in [3.63, 3.8) is 0 Å². The van der Waals surface area contributed by atoms with E-state index in [4.69, 9.17) is 23.2 Å². The molecule has 0 saturated carbocycles. The summed E-state index contributed by atoms with van der Waals surface area (Å²) in [6.45, 7) is 1.97. The lowest BCUT2D eigenvalue weighted by atomic mass is 10.2. The molecular weight excluding hydrogens is 275 g/mol. The summed E-state index contributed by atoms with van der Waals surface area (Å²) in [6.07, 6.45) is 1.74. The molecule has 88 valence electrons. The molecule has 17 heavy (non-hydrogen) atoms. The third kappa shape index (κ3) is 3.60. The monoisotopic (exact) mass is 284 g/mol. The molecule has 0 saturated heterocycles. The lowest BCUT2D eigenvalue weighted by Gasteiger charge is -2.04. The van der Waals surface area contributed by atoms with Gasteiger partial charge < -0.3 is 0 Å². The van der Waals surface area contributed by atoms with Gasteiger partial charge >= 0.3 is 0 Å². The zero-order valence-corrected chi connectivity index (χ0v) is 11.5. The number of hydrogen-bond acceptors (Lipinski definition) is 3. The Hall–Kier alpha value is -0.770. The number of thioether (sulfide) groups is 1. The second-order valence-electron chi connectivity index (χ2n) is 3.54. The van der Waals surface area contributed by atoms with Crippen molar-refractivity contribution >= 4 is 35.0 Å². The van der Waals surface area contributed by atoms with Crippen molar-refractivity contribution in [2.24, 2.45) is 0 Å². The highest BCUT2D eigenvalue weighted by atomic mass is 35.5. The number of hydrogen-bond donors (Lipinski definition) is 0. The van der Waals surface area contributed by atoms with Gasteiger partial charge in [0.1, 0.15) is 5.03 Å². The van der Waals surface area contributed by atoms with Gasteiger partial charge in [-0.15, -0.1) is 11.8 Å². The van der Waals surface area contributed by atoms with Gasteiger partial charge in [0.25, 0.3) is 0 Å². The largest absolute Gasteiger partial charge is 0.226 e. The van der Waals surface area contributed by atoms with E-state index < -0.39 is 0 Å². The molecule has 0 bridgehead atoms. The average molecular weight is 285 g/mol. The Balaban J connectivity index is 2.07. The highest BCUT2D eigenvalue weighted by Gasteiger charge is 2.03. The Labute approximate surface area is 114 Å². The maximum absolute atomic E-state index is 5.83. The molecule has 1 aromatic heterocycles. The number of aryl methyl sites for hydroxylation is 1. The van der Waals surface area contributed by atoms with Crippen LogP contribution < -0.4 is 0 Å². The van der Waals surface area contributed by atoms with E-state index in [0.717, 1.165) is 21.4 Å². The second-order valence-corrected chi connectivity index (χ2v) is 5.28. The van der Waals surface area contributed by atoms with Crippen molar-refractivity contribution in [3.8, 4) is 0 Å². The van der Waals surface area contributed by atoms with Crippen LogP contribution in [0.25, 0.3) is 0 Å². The first-order valence-corrected chi connectivity index (χ1v) is 6.75. The Morgan fingerprint density at radius 1 is 1.18 bits per heavy atom.